The Balaban J connectivity index is 1.63. The molecule has 0 aliphatic rings. The fourth-order valence-corrected chi connectivity index (χ4v) is 4.38. The van der Waals surface area contributed by atoms with Crippen LogP contribution in [-0.2, 0) is 4.74 Å². The molecule has 6 nitrogen and oxygen atoms in total. The summed E-state index contributed by atoms with van der Waals surface area (Å²) in [6, 6.07) is 17.0. The molecule has 0 unspecified atom stereocenters. The summed E-state index contributed by atoms with van der Waals surface area (Å²) in [5.41, 5.74) is 2.34. The minimum Gasteiger partial charge on any atom is -0.487 e. The number of halogens is 1. The maximum atomic E-state index is 13.0. The molecule has 0 saturated heterocycles. The molecule has 2 aromatic heterocycles. The molecular weight excluding hydrogens is 422 g/mol. The molecule has 1 amide bonds. The van der Waals surface area contributed by atoms with E-state index < -0.39 is 0 Å². The number of ether oxygens (including phenoxy) is 2. The minimum atomic E-state index is -0.228. The van der Waals surface area contributed by atoms with E-state index >= 15 is 0 Å². The van der Waals surface area contributed by atoms with Gasteiger partial charge in [-0.1, -0.05) is 35.9 Å². The first kappa shape index (κ1) is 20.4. The van der Waals surface area contributed by atoms with Crippen LogP contribution in [0.5, 0.6) is 5.75 Å². The average molecular weight is 442 g/mol. The molecule has 8 heteroatoms. The van der Waals surface area contributed by atoms with E-state index in [2.05, 4.69) is 10.4 Å². The standard InChI is InChI=1S/C22H20ClN3O3S/c1-14-16-13-19(30-22(16)26(25-14)15-7-4-3-5-8-15)21(27)24-18-10-6-9-17(23)20(18)29-12-11-28-2/h3-10,13H,11-12H2,1-2H3,(H,24,27). The van der Waals surface area contributed by atoms with Gasteiger partial charge in [0.25, 0.3) is 5.91 Å². The number of nitrogens with zero attached hydrogens (tertiary/aromatic N) is 2. The van der Waals surface area contributed by atoms with E-state index in [0.29, 0.717) is 34.6 Å². The Labute approximate surface area is 183 Å². The summed E-state index contributed by atoms with van der Waals surface area (Å²) >= 11 is 7.66. The number of hydrogen-bond acceptors (Lipinski definition) is 5. The lowest BCUT2D eigenvalue weighted by Crippen LogP contribution is -2.13. The van der Waals surface area contributed by atoms with Crippen LogP contribution < -0.4 is 10.1 Å². The largest absolute Gasteiger partial charge is 0.487 e. The molecule has 0 bridgehead atoms. The van der Waals surface area contributed by atoms with Gasteiger partial charge in [-0.25, -0.2) is 4.68 Å². The van der Waals surface area contributed by atoms with Crippen LogP contribution in [-0.4, -0.2) is 36.0 Å². The smallest absolute Gasteiger partial charge is 0.265 e. The third kappa shape index (κ3) is 4.05. The Kier molecular flexibility index (Phi) is 6.03. The van der Waals surface area contributed by atoms with Crippen LogP contribution in [0.1, 0.15) is 15.4 Å². The topological polar surface area (TPSA) is 65.4 Å². The van der Waals surface area contributed by atoms with Gasteiger partial charge in [0, 0.05) is 12.5 Å². The molecule has 154 valence electrons. The lowest BCUT2D eigenvalue weighted by Gasteiger charge is -2.13. The second-order valence-corrected chi connectivity index (χ2v) is 8.01. The van der Waals surface area contributed by atoms with E-state index in [0.717, 1.165) is 21.6 Å². The molecule has 0 fully saturated rings. The van der Waals surface area contributed by atoms with E-state index in [4.69, 9.17) is 21.1 Å². The van der Waals surface area contributed by atoms with Crippen LogP contribution in [0.2, 0.25) is 5.02 Å². The Bertz CT molecular complexity index is 1190. The number of carbonyl (C=O) groups is 1. The SMILES string of the molecule is COCCOc1c(Cl)cccc1NC(=O)c1cc2c(C)nn(-c3ccccc3)c2s1. The summed E-state index contributed by atoms with van der Waals surface area (Å²) in [6.07, 6.45) is 0. The third-order valence-electron chi connectivity index (χ3n) is 4.52. The van der Waals surface area contributed by atoms with Crippen LogP contribution >= 0.6 is 22.9 Å². The van der Waals surface area contributed by atoms with Crippen molar-refractivity contribution in [3.05, 3.63) is 70.2 Å². The number of benzene rings is 2. The summed E-state index contributed by atoms with van der Waals surface area (Å²) in [4.78, 5) is 14.5. The average Bonchev–Trinajstić information content (AvgIpc) is 3.31. The molecule has 0 spiro atoms. The summed E-state index contributed by atoms with van der Waals surface area (Å²) in [6.45, 7) is 2.69. The highest BCUT2D eigenvalue weighted by Gasteiger charge is 2.19. The second kappa shape index (κ2) is 8.87. The molecule has 0 aliphatic carbocycles. The van der Waals surface area contributed by atoms with Crippen molar-refractivity contribution in [2.24, 2.45) is 0 Å². The van der Waals surface area contributed by atoms with Crippen molar-refractivity contribution in [3.8, 4) is 11.4 Å². The van der Waals surface area contributed by atoms with Gasteiger partial charge in [-0.2, -0.15) is 5.10 Å². The second-order valence-electron chi connectivity index (χ2n) is 6.57. The number of para-hydroxylation sites is 2. The third-order valence-corrected chi connectivity index (χ3v) is 5.93. The van der Waals surface area contributed by atoms with E-state index in [9.17, 15) is 4.79 Å². The first-order valence-corrected chi connectivity index (χ1v) is 10.5. The zero-order valence-electron chi connectivity index (χ0n) is 16.5. The number of thiophene rings is 1. The molecule has 4 aromatic rings. The predicted octanol–water partition coefficient (Wildman–Crippen LogP) is 5.33. The number of amides is 1. The van der Waals surface area contributed by atoms with Crippen LogP contribution in [0.15, 0.2) is 54.6 Å². The number of fused-ring (bicyclic) bond motifs is 1. The lowest BCUT2D eigenvalue weighted by atomic mass is 10.2. The zero-order valence-corrected chi connectivity index (χ0v) is 18.1. The summed E-state index contributed by atoms with van der Waals surface area (Å²) in [5.74, 6) is 0.200. The van der Waals surface area contributed by atoms with Crippen molar-refractivity contribution in [1.29, 1.82) is 0 Å². The molecule has 30 heavy (non-hydrogen) atoms. The van der Waals surface area contributed by atoms with Crippen molar-refractivity contribution in [3.63, 3.8) is 0 Å². The van der Waals surface area contributed by atoms with Gasteiger partial charge in [0.15, 0.2) is 5.75 Å². The van der Waals surface area contributed by atoms with Crippen molar-refractivity contribution < 1.29 is 14.3 Å². The molecule has 0 radical (unpaired) electrons. The van der Waals surface area contributed by atoms with E-state index in [-0.39, 0.29) is 5.91 Å². The van der Waals surface area contributed by atoms with Crippen LogP contribution in [0.25, 0.3) is 15.9 Å². The molecular formula is C22H20ClN3O3S. The van der Waals surface area contributed by atoms with Crippen molar-refractivity contribution >= 4 is 44.7 Å². The van der Waals surface area contributed by atoms with Gasteiger partial charge in [0.2, 0.25) is 0 Å². The summed E-state index contributed by atoms with van der Waals surface area (Å²) in [5, 5.41) is 8.92. The normalized spacial score (nSPS) is 11.0. The zero-order chi connectivity index (χ0) is 21.1. The molecule has 0 atom stereocenters. The maximum Gasteiger partial charge on any atom is 0.265 e. The maximum absolute atomic E-state index is 13.0. The van der Waals surface area contributed by atoms with Gasteiger partial charge in [-0.3, -0.25) is 4.79 Å². The van der Waals surface area contributed by atoms with E-state index in [1.54, 1.807) is 25.3 Å². The molecule has 0 saturated carbocycles. The number of rotatable bonds is 7. The Morgan fingerprint density at radius 1 is 1.17 bits per heavy atom. The summed E-state index contributed by atoms with van der Waals surface area (Å²) < 4.78 is 12.6. The molecule has 2 aromatic carbocycles. The molecule has 0 aliphatic heterocycles. The monoisotopic (exact) mass is 441 g/mol. The minimum absolute atomic E-state index is 0.228. The molecule has 2 heterocycles. The summed E-state index contributed by atoms with van der Waals surface area (Å²) in [7, 11) is 1.60. The van der Waals surface area contributed by atoms with Gasteiger partial charge in [-0.15, -0.1) is 11.3 Å². The van der Waals surface area contributed by atoms with Gasteiger partial charge in [-0.05, 0) is 37.3 Å². The molecule has 4 rings (SSSR count). The van der Waals surface area contributed by atoms with Crippen molar-refractivity contribution in [1.82, 2.24) is 9.78 Å². The van der Waals surface area contributed by atoms with E-state index in [1.807, 2.05) is 48.0 Å². The van der Waals surface area contributed by atoms with Gasteiger partial charge >= 0.3 is 0 Å². The fourth-order valence-electron chi connectivity index (χ4n) is 3.07. The number of methoxy groups -OCH3 is 1. The number of hydrogen-bond donors (Lipinski definition) is 1. The Hall–Kier alpha value is -2.87. The number of aryl methyl sites for hydroxylation is 1. The predicted molar refractivity (Wildman–Crippen MR) is 120 cm³/mol. The first-order valence-electron chi connectivity index (χ1n) is 9.34. The fraction of sp³-hybridized carbons (Fsp3) is 0.182. The highest BCUT2D eigenvalue weighted by Crippen LogP contribution is 2.35. The van der Waals surface area contributed by atoms with Crippen molar-refractivity contribution in [2.75, 3.05) is 25.6 Å². The number of aromatic nitrogens is 2. The van der Waals surface area contributed by atoms with Crippen LogP contribution in [0, 0.1) is 6.92 Å². The quantitative estimate of drug-likeness (QED) is 0.394. The van der Waals surface area contributed by atoms with Gasteiger partial charge in [0.1, 0.15) is 11.4 Å². The number of anilines is 1. The number of carbonyl (C=O) groups excluding carboxylic acids is 1. The molecule has 1 N–H and O–H groups in total. The van der Waals surface area contributed by atoms with E-state index in [1.165, 1.54) is 11.3 Å². The first-order chi connectivity index (χ1) is 14.6. The Morgan fingerprint density at radius 3 is 2.73 bits per heavy atom. The highest BCUT2D eigenvalue weighted by atomic mass is 35.5. The van der Waals surface area contributed by atoms with Gasteiger partial charge < -0.3 is 14.8 Å². The number of nitrogens with one attached hydrogen (secondary N) is 1. The van der Waals surface area contributed by atoms with Crippen LogP contribution in [0.3, 0.4) is 0 Å². The highest BCUT2D eigenvalue weighted by molar-refractivity contribution is 7.20. The van der Waals surface area contributed by atoms with Gasteiger partial charge in [0.05, 0.1) is 33.6 Å². The van der Waals surface area contributed by atoms with Crippen LogP contribution in [0.4, 0.5) is 5.69 Å². The Morgan fingerprint density at radius 2 is 1.97 bits per heavy atom. The lowest BCUT2D eigenvalue weighted by molar-refractivity contribution is 0.102. The van der Waals surface area contributed by atoms with Crippen molar-refractivity contribution in [2.45, 2.75) is 6.92 Å².